The highest BCUT2D eigenvalue weighted by molar-refractivity contribution is 5.96. The van der Waals surface area contributed by atoms with Gasteiger partial charge in [-0.15, -0.1) is 0 Å². The maximum atomic E-state index is 12.7. The molecule has 0 fully saturated rings. The Kier molecular flexibility index (Phi) is 6.65. The highest BCUT2D eigenvalue weighted by Gasteiger charge is 2.28. The number of amides is 1. The molecule has 1 aliphatic rings. The first-order valence-electron chi connectivity index (χ1n) is 12.0. The summed E-state index contributed by atoms with van der Waals surface area (Å²) in [4.78, 5) is 17.6. The Balaban J connectivity index is 1.91. The van der Waals surface area contributed by atoms with Crippen molar-refractivity contribution in [3.05, 3.63) is 70.0 Å². The lowest BCUT2D eigenvalue weighted by atomic mass is 9.87. The van der Waals surface area contributed by atoms with Gasteiger partial charge in [0.05, 0.1) is 17.3 Å². The van der Waals surface area contributed by atoms with Crippen LogP contribution in [0.3, 0.4) is 0 Å². The van der Waals surface area contributed by atoms with Crippen LogP contribution in [-0.2, 0) is 11.2 Å². The largest absolute Gasteiger partial charge is 0.350 e. The molecule has 5 nitrogen and oxygen atoms in total. The zero-order chi connectivity index (χ0) is 23.5. The van der Waals surface area contributed by atoms with Gasteiger partial charge in [0.2, 0.25) is 5.91 Å². The number of nitriles is 1. The summed E-state index contributed by atoms with van der Waals surface area (Å²) in [5.41, 5.74) is 6.76. The Labute approximate surface area is 196 Å². The van der Waals surface area contributed by atoms with Crippen molar-refractivity contribution >= 4 is 23.0 Å². The lowest BCUT2D eigenvalue weighted by Gasteiger charge is -2.28. The molecule has 0 saturated carbocycles. The monoisotopic (exact) mass is 440 g/mol. The van der Waals surface area contributed by atoms with Gasteiger partial charge in [-0.2, -0.15) is 5.26 Å². The zero-order valence-corrected chi connectivity index (χ0v) is 20.0. The average Bonchev–Trinajstić information content (AvgIpc) is 3.13. The molecule has 2 aromatic heterocycles. The van der Waals surface area contributed by atoms with Crippen LogP contribution in [0.1, 0.15) is 79.2 Å². The van der Waals surface area contributed by atoms with Crippen molar-refractivity contribution < 1.29 is 4.79 Å². The number of nitrogens with one attached hydrogen (secondary N) is 1. The van der Waals surface area contributed by atoms with Crippen LogP contribution < -0.4 is 5.32 Å². The van der Waals surface area contributed by atoms with Gasteiger partial charge in [-0.3, -0.25) is 4.79 Å². The van der Waals surface area contributed by atoms with Gasteiger partial charge < -0.3 is 9.88 Å². The number of nitrogens with zero attached hydrogens (tertiary/aromatic N) is 3. The summed E-state index contributed by atoms with van der Waals surface area (Å²) >= 11 is 0. The molecule has 0 unspecified atom stereocenters. The summed E-state index contributed by atoms with van der Waals surface area (Å²) < 4.78 is 2.20. The molecule has 0 aliphatic heterocycles. The van der Waals surface area contributed by atoms with Crippen LogP contribution in [0, 0.1) is 25.2 Å². The molecule has 170 valence electrons. The molecule has 1 atom stereocenters. The fraction of sp³-hybridized carbons (Fsp3) is 0.393. The van der Waals surface area contributed by atoms with E-state index in [1.807, 2.05) is 26.0 Å². The van der Waals surface area contributed by atoms with Crippen molar-refractivity contribution in [3.63, 3.8) is 0 Å². The second kappa shape index (κ2) is 9.62. The number of fused-ring (bicyclic) bond motifs is 2. The van der Waals surface area contributed by atoms with Crippen molar-refractivity contribution in [3.8, 4) is 6.07 Å². The summed E-state index contributed by atoms with van der Waals surface area (Å²) in [6.07, 6.45) is 8.27. The van der Waals surface area contributed by atoms with E-state index in [9.17, 15) is 10.1 Å². The van der Waals surface area contributed by atoms with Crippen molar-refractivity contribution in [2.24, 2.45) is 0 Å². The Morgan fingerprint density at radius 1 is 1.30 bits per heavy atom. The lowest BCUT2D eigenvalue weighted by Crippen LogP contribution is -2.32. The first-order chi connectivity index (χ1) is 16.0. The molecule has 4 rings (SSSR count). The summed E-state index contributed by atoms with van der Waals surface area (Å²) in [6.45, 7) is 8.16. The van der Waals surface area contributed by atoms with E-state index in [0.29, 0.717) is 5.56 Å². The van der Waals surface area contributed by atoms with E-state index in [4.69, 9.17) is 4.98 Å². The van der Waals surface area contributed by atoms with E-state index in [2.05, 4.69) is 54.1 Å². The number of carbonyl (C=O) groups excluding carboxylic acids is 1. The minimum Gasteiger partial charge on any atom is -0.350 e. The normalized spacial score (nSPS) is 15.7. The third-order valence-electron chi connectivity index (χ3n) is 6.81. The van der Waals surface area contributed by atoms with Gasteiger partial charge in [0.15, 0.2) is 0 Å². The molecule has 0 bridgehead atoms. The first-order valence-corrected chi connectivity index (χ1v) is 12.0. The van der Waals surface area contributed by atoms with Crippen LogP contribution in [-0.4, -0.2) is 21.5 Å². The van der Waals surface area contributed by atoms with Crippen molar-refractivity contribution in [1.29, 1.82) is 5.26 Å². The maximum Gasteiger partial charge on any atom is 0.244 e. The third kappa shape index (κ3) is 4.30. The molecule has 33 heavy (non-hydrogen) atoms. The Morgan fingerprint density at radius 3 is 2.79 bits per heavy atom. The fourth-order valence-corrected chi connectivity index (χ4v) is 5.15. The topological polar surface area (TPSA) is 70.7 Å². The van der Waals surface area contributed by atoms with Crippen LogP contribution >= 0.6 is 0 Å². The number of aryl methyl sites for hydroxylation is 3. The van der Waals surface area contributed by atoms with Gasteiger partial charge in [0.1, 0.15) is 11.7 Å². The minimum atomic E-state index is -0.130. The summed E-state index contributed by atoms with van der Waals surface area (Å²) in [5.74, 6) is -0.130. The summed E-state index contributed by atoms with van der Waals surface area (Å²) in [6, 6.07) is 13.2. The highest BCUT2D eigenvalue weighted by atomic mass is 16.1. The molecule has 1 aromatic carbocycles. The maximum absolute atomic E-state index is 12.7. The van der Waals surface area contributed by atoms with E-state index in [0.717, 1.165) is 60.1 Å². The number of hydrogen-bond donors (Lipinski definition) is 1. The zero-order valence-electron chi connectivity index (χ0n) is 20.0. The number of carbonyl (C=O) groups is 1. The van der Waals surface area contributed by atoms with E-state index < -0.39 is 0 Å². The highest BCUT2D eigenvalue weighted by Crippen LogP contribution is 2.39. The molecule has 2 heterocycles. The van der Waals surface area contributed by atoms with Gasteiger partial charge in [0, 0.05) is 23.2 Å². The van der Waals surface area contributed by atoms with Gasteiger partial charge in [0.25, 0.3) is 0 Å². The fourth-order valence-electron chi connectivity index (χ4n) is 5.15. The van der Waals surface area contributed by atoms with Crippen LogP contribution in [0.25, 0.3) is 17.1 Å². The lowest BCUT2D eigenvalue weighted by molar-refractivity contribution is -0.117. The molecular weight excluding hydrogens is 408 g/mol. The molecule has 5 heteroatoms. The van der Waals surface area contributed by atoms with E-state index in [1.165, 1.54) is 11.1 Å². The van der Waals surface area contributed by atoms with Crippen LogP contribution in [0.5, 0.6) is 0 Å². The SMILES string of the molecule is CCC(CC)NC(=O)C=Cc1c(C#N)c2c(C)cc(C)nc2n1[C@H]1CCCc2ccccc21. The van der Waals surface area contributed by atoms with Gasteiger partial charge in [-0.1, -0.05) is 38.1 Å². The summed E-state index contributed by atoms with van der Waals surface area (Å²) in [5, 5.41) is 14.1. The van der Waals surface area contributed by atoms with E-state index in [-0.39, 0.29) is 18.0 Å². The molecule has 1 amide bonds. The Morgan fingerprint density at radius 2 is 2.06 bits per heavy atom. The number of rotatable bonds is 6. The molecule has 0 saturated heterocycles. The third-order valence-corrected chi connectivity index (χ3v) is 6.81. The van der Waals surface area contributed by atoms with Crippen molar-refractivity contribution in [2.75, 3.05) is 0 Å². The predicted molar refractivity (Wildman–Crippen MR) is 133 cm³/mol. The van der Waals surface area contributed by atoms with Gasteiger partial charge in [-0.25, -0.2) is 4.98 Å². The molecule has 3 aromatic rings. The van der Waals surface area contributed by atoms with Crippen molar-refractivity contribution in [2.45, 2.75) is 71.9 Å². The molecule has 0 radical (unpaired) electrons. The molecular formula is C28H32N4O. The van der Waals surface area contributed by atoms with Gasteiger partial charge in [-0.05, 0) is 74.8 Å². The van der Waals surface area contributed by atoms with Crippen LogP contribution in [0.2, 0.25) is 0 Å². The van der Waals surface area contributed by atoms with Crippen LogP contribution in [0.15, 0.2) is 36.4 Å². The molecule has 0 spiro atoms. The van der Waals surface area contributed by atoms with E-state index in [1.54, 1.807) is 6.08 Å². The second-order valence-electron chi connectivity index (χ2n) is 8.98. The number of benzene rings is 1. The van der Waals surface area contributed by atoms with Crippen LogP contribution in [0.4, 0.5) is 0 Å². The average molecular weight is 441 g/mol. The van der Waals surface area contributed by atoms with Gasteiger partial charge >= 0.3 is 0 Å². The predicted octanol–water partition coefficient (Wildman–Crippen LogP) is 5.77. The number of pyridine rings is 1. The second-order valence-corrected chi connectivity index (χ2v) is 8.98. The quantitative estimate of drug-likeness (QED) is 0.495. The molecule has 1 N–H and O–H groups in total. The number of aromatic nitrogens is 2. The minimum absolute atomic E-state index is 0.0787. The number of hydrogen-bond acceptors (Lipinski definition) is 3. The Bertz CT molecular complexity index is 1260. The first kappa shape index (κ1) is 22.8. The smallest absolute Gasteiger partial charge is 0.244 e. The Hall–Kier alpha value is -3.39. The van der Waals surface area contributed by atoms with Crippen molar-refractivity contribution in [1.82, 2.24) is 14.9 Å². The standard InChI is InChI=1S/C28H32N4O/c1-5-21(6-2)31-26(33)15-14-25-23(17-29)27-18(3)16-19(4)30-28(27)32(25)24-13-9-11-20-10-7-8-12-22(20)24/h7-8,10,12,14-16,21,24H,5-6,9,11,13H2,1-4H3,(H,31,33)/t24-/m0/s1. The van der Waals surface area contributed by atoms with E-state index >= 15 is 0 Å². The molecule has 1 aliphatic carbocycles. The summed E-state index contributed by atoms with van der Waals surface area (Å²) in [7, 11) is 0.